The molecule has 1 N–H and O–H groups in total. The van der Waals surface area contributed by atoms with Gasteiger partial charge in [-0.3, -0.25) is 9.59 Å². The minimum Gasteiger partial charge on any atom is -0.478 e. The van der Waals surface area contributed by atoms with Crippen molar-refractivity contribution in [1.29, 1.82) is 0 Å². The molecule has 4 aromatic rings. The molecule has 0 fully saturated rings. The first-order chi connectivity index (χ1) is 14.9. The zero-order chi connectivity index (χ0) is 21.7. The molecule has 0 bridgehead atoms. The molecule has 0 radical (unpaired) electrons. The van der Waals surface area contributed by atoms with Gasteiger partial charge in [-0.05, 0) is 48.5 Å². The van der Waals surface area contributed by atoms with E-state index < -0.39 is 17.8 Å². The molecular formula is C24H13ClN2O4. The van der Waals surface area contributed by atoms with Crippen LogP contribution in [0.1, 0.15) is 31.1 Å². The summed E-state index contributed by atoms with van der Waals surface area (Å²) in [6, 6.07) is 19.7. The van der Waals surface area contributed by atoms with Gasteiger partial charge in [0.25, 0.3) is 11.8 Å². The molecule has 3 aromatic carbocycles. The Labute approximate surface area is 181 Å². The quantitative estimate of drug-likeness (QED) is 0.461. The molecule has 5 rings (SSSR count). The van der Waals surface area contributed by atoms with Crippen LogP contribution in [0.3, 0.4) is 0 Å². The molecule has 150 valence electrons. The second-order valence-corrected chi connectivity index (χ2v) is 7.50. The molecule has 1 aliphatic rings. The smallest absolute Gasteiger partial charge is 0.336 e. The Bertz CT molecular complexity index is 1400. The van der Waals surface area contributed by atoms with Crippen molar-refractivity contribution in [1.82, 2.24) is 4.98 Å². The van der Waals surface area contributed by atoms with Gasteiger partial charge >= 0.3 is 5.97 Å². The third kappa shape index (κ3) is 3.05. The number of carbonyl (C=O) groups excluding carboxylic acids is 2. The maximum Gasteiger partial charge on any atom is 0.336 e. The van der Waals surface area contributed by atoms with E-state index in [1.807, 2.05) is 0 Å². The summed E-state index contributed by atoms with van der Waals surface area (Å²) < 4.78 is 0. The highest BCUT2D eigenvalue weighted by atomic mass is 35.5. The van der Waals surface area contributed by atoms with Crippen molar-refractivity contribution in [3.63, 3.8) is 0 Å². The van der Waals surface area contributed by atoms with Crippen LogP contribution in [0.2, 0.25) is 5.02 Å². The SMILES string of the molecule is O=C(O)c1cc(-c2cccc(N3C(=O)c4ccccc4C3=O)c2)nc2ccc(Cl)cc12. The van der Waals surface area contributed by atoms with Crippen LogP contribution in [0.4, 0.5) is 5.69 Å². The number of fused-ring (bicyclic) bond motifs is 2. The summed E-state index contributed by atoms with van der Waals surface area (Å²) in [4.78, 5) is 43.1. The first-order valence-electron chi connectivity index (χ1n) is 9.36. The van der Waals surface area contributed by atoms with E-state index in [0.717, 1.165) is 4.90 Å². The summed E-state index contributed by atoms with van der Waals surface area (Å²) in [6.45, 7) is 0. The number of carbonyl (C=O) groups is 3. The number of aromatic carboxylic acids is 1. The first kappa shape index (κ1) is 19.0. The molecule has 0 saturated carbocycles. The van der Waals surface area contributed by atoms with E-state index in [9.17, 15) is 19.5 Å². The second-order valence-electron chi connectivity index (χ2n) is 7.06. The Morgan fingerprint density at radius 2 is 1.58 bits per heavy atom. The number of hydrogen-bond acceptors (Lipinski definition) is 4. The predicted octanol–water partition coefficient (Wildman–Crippen LogP) is 5.05. The van der Waals surface area contributed by atoms with Gasteiger partial charge in [-0.1, -0.05) is 35.9 Å². The lowest BCUT2D eigenvalue weighted by Gasteiger charge is -2.15. The largest absolute Gasteiger partial charge is 0.478 e. The Hall–Kier alpha value is -4.03. The van der Waals surface area contributed by atoms with E-state index in [-0.39, 0.29) is 5.56 Å². The third-order valence-electron chi connectivity index (χ3n) is 5.20. The molecule has 0 saturated heterocycles. The molecule has 7 heteroatoms. The van der Waals surface area contributed by atoms with Gasteiger partial charge in [-0.2, -0.15) is 0 Å². The number of carboxylic acid groups (broad SMARTS) is 1. The van der Waals surface area contributed by atoms with Crippen molar-refractivity contribution in [3.8, 4) is 11.3 Å². The van der Waals surface area contributed by atoms with Crippen molar-refractivity contribution in [2.24, 2.45) is 0 Å². The zero-order valence-corrected chi connectivity index (χ0v) is 16.6. The van der Waals surface area contributed by atoms with Crippen LogP contribution in [0, 0.1) is 0 Å². The summed E-state index contributed by atoms with van der Waals surface area (Å²) in [5.74, 6) is -1.90. The van der Waals surface area contributed by atoms with Gasteiger partial charge in [0.2, 0.25) is 0 Å². The molecule has 0 unspecified atom stereocenters. The number of anilines is 1. The number of halogens is 1. The van der Waals surface area contributed by atoms with Crippen LogP contribution in [-0.2, 0) is 0 Å². The van der Waals surface area contributed by atoms with Crippen LogP contribution in [0.5, 0.6) is 0 Å². The Morgan fingerprint density at radius 3 is 2.26 bits per heavy atom. The highest BCUT2D eigenvalue weighted by Crippen LogP contribution is 2.32. The predicted molar refractivity (Wildman–Crippen MR) is 117 cm³/mol. The van der Waals surface area contributed by atoms with Gasteiger partial charge in [0.05, 0.1) is 33.6 Å². The number of rotatable bonds is 3. The fraction of sp³-hybridized carbons (Fsp3) is 0. The molecule has 2 amide bonds. The molecule has 0 aliphatic carbocycles. The van der Waals surface area contributed by atoms with Gasteiger partial charge in [0.15, 0.2) is 0 Å². The number of amides is 2. The normalized spacial score (nSPS) is 13.0. The molecule has 1 aromatic heterocycles. The molecule has 0 atom stereocenters. The fourth-order valence-corrected chi connectivity index (χ4v) is 3.92. The number of benzene rings is 3. The van der Waals surface area contributed by atoms with Crippen molar-refractivity contribution < 1.29 is 19.5 Å². The monoisotopic (exact) mass is 428 g/mol. The van der Waals surface area contributed by atoms with Crippen LogP contribution in [-0.4, -0.2) is 27.9 Å². The number of hydrogen-bond donors (Lipinski definition) is 1. The maximum absolute atomic E-state index is 12.8. The van der Waals surface area contributed by atoms with Crippen LogP contribution >= 0.6 is 11.6 Å². The van der Waals surface area contributed by atoms with Gasteiger partial charge in [-0.15, -0.1) is 0 Å². The van der Waals surface area contributed by atoms with E-state index in [1.165, 1.54) is 6.07 Å². The molecule has 31 heavy (non-hydrogen) atoms. The lowest BCUT2D eigenvalue weighted by atomic mass is 10.0. The second kappa shape index (κ2) is 7.04. The summed E-state index contributed by atoms with van der Waals surface area (Å²) in [5.41, 5.74) is 2.62. The number of imide groups is 1. The number of nitrogens with zero attached hydrogens (tertiary/aromatic N) is 2. The van der Waals surface area contributed by atoms with Crippen LogP contribution in [0.15, 0.2) is 72.8 Å². The van der Waals surface area contributed by atoms with E-state index in [2.05, 4.69) is 4.98 Å². The average molecular weight is 429 g/mol. The van der Waals surface area contributed by atoms with Crippen molar-refractivity contribution in [2.45, 2.75) is 0 Å². The van der Waals surface area contributed by atoms with E-state index in [0.29, 0.717) is 44.0 Å². The fourth-order valence-electron chi connectivity index (χ4n) is 3.75. The summed E-state index contributed by atoms with van der Waals surface area (Å²) >= 11 is 6.02. The van der Waals surface area contributed by atoms with E-state index in [4.69, 9.17) is 11.6 Å². The van der Waals surface area contributed by atoms with Gasteiger partial charge in [0, 0.05) is 16.0 Å². The lowest BCUT2D eigenvalue weighted by Crippen LogP contribution is -2.29. The van der Waals surface area contributed by atoms with Crippen molar-refractivity contribution in [2.75, 3.05) is 4.90 Å². The van der Waals surface area contributed by atoms with Crippen LogP contribution < -0.4 is 4.90 Å². The van der Waals surface area contributed by atoms with Gasteiger partial charge < -0.3 is 5.11 Å². The molecule has 0 spiro atoms. The standard InChI is InChI=1S/C24H13ClN2O4/c25-14-8-9-20-18(11-14)19(24(30)31)12-21(26-20)13-4-3-5-15(10-13)27-22(28)16-6-1-2-7-17(16)23(27)29/h1-12H,(H,30,31). The lowest BCUT2D eigenvalue weighted by molar-refractivity contribution is 0.0698. The molecule has 6 nitrogen and oxygen atoms in total. The number of pyridine rings is 1. The number of aromatic nitrogens is 1. The minimum absolute atomic E-state index is 0.0635. The Balaban J connectivity index is 1.63. The maximum atomic E-state index is 12.8. The van der Waals surface area contributed by atoms with E-state index >= 15 is 0 Å². The Morgan fingerprint density at radius 1 is 0.871 bits per heavy atom. The summed E-state index contributed by atoms with van der Waals surface area (Å²) in [7, 11) is 0. The number of carboxylic acids is 1. The van der Waals surface area contributed by atoms with Crippen molar-refractivity contribution >= 4 is 46.0 Å². The molecule has 1 aliphatic heterocycles. The molecular weight excluding hydrogens is 416 g/mol. The molecule has 2 heterocycles. The van der Waals surface area contributed by atoms with Crippen LogP contribution in [0.25, 0.3) is 22.2 Å². The zero-order valence-electron chi connectivity index (χ0n) is 15.9. The van der Waals surface area contributed by atoms with E-state index in [1.54, 1.807) is 66.7 Å². The van der Waals surface area contributed by atoms with Gasteiger partial charge in [-0.25, -0.2) is 14.7 Å². The summed E-state index contributed by atoms with van der Waals surface area (Å²) in [6.07, 6.45) is 0. The third-order valence-corrected chi connectivity index (χ3v) is 5.43. The summed E-state index contributed by atoms with van der Waals surface area (Å²) in [5, 5.41) is 10.5. The highest BCUT2D eigenvalue weighted by Gasteiger charge is 2.36. The topological polar surface area (TPSA) is 87.6 Å². The van der Waals surface area contributed by atoms with Crippen molar-refractivity contribution in [3.05, 3.63) is 94.5 Å². The highest BCUT2D eigenvalue weighted by molar-refractivity contribution is 6.34. The Kier molecular flexibility index (Phi) is 4.30. The van der Waals surface area contributed by atoms with Gasteiger partial charge in [0.1, 0.15) is 0 Å². The minimum atomic E-state index is -1.10. The average Bonchev–Trinajstić information content (AvgIpc) is 3.03. The first-order valence-corrected chi connectivity index (χ1v) is 9.74.